The van der Waals surface area contributed by atoms with Crippen LogP contribution in [0, 0.1) is 0 Å². The van der Waals surface area contributed by atoms with Crippen molar-refractivity contribution in [1.29, 1.82) is 0 Å². The number of hydrogen-bond acceptors (Lipinski definition) is 4. The van der Waals surface area contributed by atoms with E-state index in [-0.39, 0.29) is 11.8 Å². The highest BCUT2D eigenvalue weighted by atomic mass is 16.5. The zero-order valence-electron chi connectivity index (χ0n) is 14.8. The summed E-state index contributed by atoms with van der Waals surface area (Å²) in [6.07, 6.45) is 0.844. The fourth-order valence-corrected chi connectivity index (χ4v) is 2.20. The smallest absolute Gasteiger partial charge is 0.265 e. The summed E-state index contributed by atoms with van der Waals surface area (Å²) in [6, 6.07) is 13.7. The van der Waals surface area contributed by atoms with Crippen molar-refractivity contribution in [1.82, 2.24) is 5.32 Å². The number of amides is 2. The Labute approximate surface area is 152 Å². The molecule has 26 heavy (non-hydrogen) atoms. The Hall–Kier alpha value is -3.28. The minimum Gasteiger partial charge on any atom is -0.497 e. The highest BCUT2D eigenvalue weighted by Gasteiger charge is 2.18. The number of hydrogen-bond donors (Lipinski definition) is 2. The topological polar surface area (TPSA) is 76.7 Å². The third-order valence-corrected chi connectivity index (χ3v) is 3.58. The van der Waals surface area contributed by atoms with Crippen LogP contribution in [0.3, 0.4) is 0 Å². The van der Waals surface area contributed by atoms with Crippen molar-refractivity contribution in [2.24, 2.45) is 0 Å². The number of rotatable bonds is 8. The number of carbonyl (C=O) groups excluding carboxylic acids is 2. The first-order valence-electron chi connectivity index (χ1n) is 8.15. The van der Waals surface area contributed by atoms with Crippen LogP contribution in [-0.2, 0) is 4.79 Å². The second kappa shape index (κ2) is 9.27. The quantitative estimate of drug-likeness (QED) is 0.715. The van der Waals surface area contributed by atoms with Crippen LogP contribution in [0.15, 0.2) is 61.2 Å². The van der Waals surface area contributed by atoms with E-state index in [2.05, 4.69) is 17.2 Å². The Morgan fingerprint density at radius 3 is 2.42 bits per heavy atom. The monoisotopic (exact) mass is 354 g/mol. The normalized spacial score (nSPS) is 11.2. The Morgan fingerprint density at radius 2 is 1.77 bits per heavy atom. The first-order valence-corrected chi connectivity index (χ1v) is 8.15. The highest BCUT2D eigenvalue weighted by Crippen LogP contribution is 2.19. The lowest BCUT2D eigenvalue weighted by Crippen LogP contribution is -2.31. The van der Waals surface area contributed by atoms with Gasteiger partial charge in [-0.15, -0.1) is 6.58 Å². The maximum atomic E-state index is 12.4. The number of benzene rings is 2. The van der Waals surface area contributed by atoms with E-state index in [1.165, 1.54) is 0 Å². The SMILES string of the molecule is C=CCNC(=O)c1ccccc1NC(=O)[C@H](C)Oc1ccc(OC)cc1. The van der Waals surface area contributed by atoms with Gasteiger partial charge in [-0.05, 0) is 43.3 Å². The summed E-state index contributed by atoms with van der Waals surface area (Å²) < 4.78 is 10.7. The first-order chi connectivity index (χ1) is 12.5. The summed E-state index contributed by atoms with van der Waals surface area (Å²) in [6.45, 7) is 5.55. The number of methoxy groups -OCH3 is 1. The van der Waals surface area contributed by atoms with Crippen molar-refractivity contribution in [3.63, 3.8) is 0 Å². The number of para-hydroxylation sites is 1. The van der Waals surface area contributed by atoms with Gasteiger partial charge in [-0.3, -0.25) is 9.59 Å². The zero-order valence-corrected chi connectivity index (χ0v) is 14.8. The number of ether oxygens (including phenoxy) is 2. The number of nitrogens with one attached hydrogen (secondary N) is 2. The molecular weight excluding hydrogens is 332 g/mol. The van der Waals surface area contributed by atoms with E-state index >= 15 is 0 Å². The van der Waals surface area contributed by atoms with Crippen molar-refractivity contribution in [2.75, 3.05) is 19.0 Å². The average molecular weight is 354 g/mol. The average Bonchev–Trinajstić information content (AvgIpc) is 2.67. The minimum absolute atomic E-state index is 0.287. The zero-order chi connectivity index (χ0) is 18.9. The van der Waals surface area contributed by atoms with Crippen LogP contribution in [0.25, 0.3) is 0 Å². The third-order valence-electron chi connectivity index (χ3n) is 3.58. The lowest BCUT2D eigenvalue weighted by Gasteiger charge is -2.16. The summed E-state index contributed by atoms with van der Waals surface area (Å²) in [4.78, 5) is 24.6. The van der Waals surface area contributed by atoms with E-state index < -0.39 is 6.10 Å². The van der Waals surface area contributed by atoms with Crippen LogP contribution in [0.2, 0.25) is 0 Å². The molecule has 0 bridgehead atoms. The van der Waals surface area contributed by atoms with Gasteiger partial charge >= 0.3 is 0 Å². The second-order valence-corrected chi connectivity index (χ2v) is 5.47. The number of carbonyl (C=O) groups is 2. The summed E-state index contributed by atoms with van der Waals surface area (Å²) in [5.74, 6) is 0.605. The molecule has 6 nitrogen and oxygen atoms in total. The van der Waals surface area contributed by atoms with E-state index in [0.29, 0.717) is 29.3 Å². The van der Waals surface area contributed by atoms with E-state index in [0.717, 1.165) is 0 Å². The Balaban J connectivity index is 2.04. The van der Waals surface area contributed by atoms with Crippen molar-refractivity contribution >= 4 is 17.5 Å². The standard InChI is InChI=1S/C20H22N2O4/c1-4-13-21-20(24)17-7-5-6-8-18(17)22-19(23)14(2)26-16-11-9-15(25-3)10-12-16/h4-12,14H,1,13H2,2-3H3,(H,21,24)(H,22,23)/t14-/m0/s1. The van der Waals surface area contributed by atoms with Crippen LogP contribution in [-0.4, -0.2) is 31.6 Å². The summed E-state index contributed by atoms with van der Waals surface area (Å²) in [5.41, 5.74) is 0.795. The van der Waals surface area contributed by atoms with Gasteiger partial charge in [-0.1, -0.05) is 18.2 Å². The van der Waals surface area contributed by atoms with Crippen molar-refractivity contribution in [3.05, 3.63) is 66.7 Å². The highest BCUT2D eigenvalue weighted by molar-refractivity contribution is 6.04. The van der Waals surface area contributed by atoms with E-state index in [4.69, 9.17) is 9.47 Å². The van der Waals surface area contributed by atoms with E-state index in [1.54, 1.807) is 68.6 Å². The van der Waals surface area contributed by atoms with Gasteiger partial charge in [0.15, 0.2) is 6.10 Å². The van der Waals surface area contributed by atoms with E-state index in [9.17, 15) is 9.59 Å². The van der Waals surface area contributed by atoms with Gasteiger partial charge in [0, 0.05) is 6.54 Å². The first kappa shape index (κ1) is 19.1. The van der Waals surface area contributed by atoms with Crippen LogP contribution in [0.4, 0.5) is 5.69 Å². The van der Waals surface area contributed by atoms with Crippen molar-refractivity contribution in [2.45, 2.75) is 13.0 Å². The lowest BCUT2D eigenvalue weighted by molar-refractivity contribution is -0.122. The number of anilines is 1. The van der Waals surface area contributed by atoms with Crippen LogP contribution < -0.4 is 20.1 Å². The fourth-order valence-electron chi connectivity index (χ4n) is 2.20. The maximum Gasteiger partial charge on any atom is 0.265 e. The molecule has 0 heterocycles. The van der Waals surface area contributed by atoms with Crippen LogP contribution in [0.1, 0.15) is 17.3 Å². The second-order valence-electron chi connectivity index (χ2n) is 5.47. The molecule has 0 saturated carbocycles. The summed E-state index contributed by atoms with van der Waals surface area (Å²) in [7, 11) is 1.58. The van der Waals surface area contributed by atoms with Gasteiger partial charge in [0.1, 0.15) is 11.5 Å². The molecule has 6 heteroatoms. The molecule has 0 spiro atoms. The molecule has 2 amide bonds. The third kappa shape index (κ3) is 5.11. The predicted octanol–water partition coefficient (Wildman–Crippen LogP) is 3.02. The van der Waals surface area contributed by atoms with Gasteiger partial charge in [0.2, 0.25) is 0 Å². The Bertz CT molecular complexity index is 772. The molecule has 1 atom stereocenters. The minimum atomic E-state index is -0.743. The summed E-state index contributed by atoms with van der Waals surface area (Å²) in [5, 5.41) is 5.43. The fraction of sp³-hybridized carbons (Fsp3) is 0.200. The molecule has 0 saturated heterocycles. The predicted molar refractivity (Wildman–Crippen MR) is 101 cm³/mol. The molecule has 0 aliphatic carbocycles. The molecule has 2 rings (SSSR count). The largest absolute Gasteiger partial charge is 0.497 e. The maximum absolute atomic E-state index is 12.4. The molecule has 2 aromatic carbocycles. The lowest BCUT2D eigenvalue weighted by atomic mass is 10.1. The van der Waals surface area contributed by atoms with Gasteiger partial charge < -0.3 is 20.1 Å². The van der Waals surface area contributed by atoms with Crippen LogP contribution in [0.5, 0.6) is 11.5 Å². The van der Waals surface area contributed by atoms with Crippen LogP contribution >= 0.6 is 0 Å². The molecular formula is C20H22N2O4. The molecule has 0 radical (unpaired) electrons. The van der Waals surface area contributed by atoms with Gasteiger partial charge in [-0.2, -0.15) is 0 Å². The molecule has 0 unspecified atom stereocenters. The van der Waals surface area contributed by atoms with Crippen molar-refractivity contribution < 1.29 is 19.1 Å². The Morgan fingerprint density at radius 1 is 1.12 bits per heavy atom. The molecule has 2 aromatic rings. The van der Waals surface area contributed by atoms with Crippen molar-refractivity contribution in [3.8, 4) is 11.5 Å². The molecule has 0 aliphatic rings. The van der Waals surface area contributed by atoms with Gasteiger partial charge in [0.05, 0.1) is 18.4 Å². The summed E-state index contributed by atoms with van der Waals surface area (Å²) >= 11 is 0. The molecule has 0 aromatic heterocycles. The Kier molecular flexibility index (Phi) is 6.79. The molecule has 2 N–H and O–H groups in total. The molecule has 0 aliphatic heterocycles. The molecule has 0 fully saturated rings. The molecule has 136 valence electrons. The van der Waals surface area contributed by atoms with E-state index in [1.807, 2.05) is 0 Å². The van der Waals surface area contributed by atoms with Gasteiger partial charge in [-0.25, -0.2) is 0 Å². The van der Waals surface area contributed by atoms with Gasteiger partial charge in [0.25, 0.3) is 11.8 Å².